The highest BCUT2D eigenvalue weighted by molar-refractivity contribution is 6.31. The molecule has 7 aromatic rings. The number of piperazine rings is 1. The molecule has 6 aromatic carbocycles. The summed E-state index contributed by atoms with van der Waals surface area (Å²) >= 11 is 12.2. The number of aliphatic hydroxyl groups excluding tert-OH is 4. The van der Waals surface area contributed by atoms with E-state index in [0.29, 0.717) is 66.2 Å². The number of ketones is 1. The minimum absolute atomic E-state index is 0.0364. The largest absolute Gasteiger partial charge is 0.507 e. The van der Waals surface area contributed by atoms with E-state index in [4.69, 9.17) is 72.3 Å². The fraction of sp³-hybridized carbons (Fsp3) is 0.470. The number of halogens is 3. The summed E-state index contributed by atoms with van der Waals surface area (Å²) in [6.07, 6.45) is 10.2. The lowest BCUT2D eigenvalue weighted by atomic mass is 9.78. The van der Waals surface area contributed by atoms with E-state index in [1.165, 1.54) is 39.5 Å². The lowest BCUT2D eigenvalue weighted by Gasteiger charge is -2.38. The molecule has 1 aromatic heterocycles. The molecule has 2 saturated heterocycles. The Morgan fingerprint density at radius 3 is 2.02 bits per heavy atom. The van der Waals surface area contributed by atoms with E-state index in [1.807, 2.05) is 90.0 Å². The number of anilines is 4. The molecule has 12 N–H and O–H groups in total. The van der Waals surface area contributed by atoms with Crippen molar-refractivity contribution in [1.29, 1.82) is 0 Å². The van der Waals surface area contributed by atoms with E-state index in [-0.39, 0.29) is 104 Å². The lowest BCUT2D eigenvalue weighted by Crippen LogP contribution is -2.46. The van der Waals surface area contributed by atoms with Crippen LogP contribution in [-0.2, 0) is 23.8 Å². The van der Waals surface area contributed by atoms with Crippen LogP contribution in [0.3, 0.4) is 0 Å². The summed E-state index contributed by atoms with van der Waals surface area (Å²) in [6.45, 7) is 32.8. The third kappa shape index (κ3) is 22.8. The monoisotopic (exact) mass is 1850 g/mol. The van der Waals surface area contributed by atoms with Gasteiger partial charge in [-0.2, -0.15) is 0 Å². The van der Waals surface area contributed by atoms with Gasteiger partial charge in [-0.1, -0.05) is 109 Å². The summed E-state index contributed by atoms with van der Waals surface area (Å²) in [7, 11) is 1.47. The lowest BCUT2D eigenvalue weighted by molar-refractivity contribution is -0.160. The van der Waals surface area contributed by atoms with E-state index in [9.17, 15) is 53.9 Å². The molecule has 32 heteroatoms. The van der Waals surface area contributed by atoms with Crippen LogP contribution in [0.1, 0.15) is 161 Å². The maximum absolute atomic E-state index is 14.7. The van der Waals surface area contributed by atoms with Crippen LogP contribution in [0.4, 0.5) is 27.1 Å². The molecule has 3 fully saturated rings. The number of allylic oxidation sites excluding steroid dienone is 2. The molecule has 708 valence electrons. The van der Waals surface area contributed by atoms with Crippen LogP contribution in [-0.4, -0.2) is 212 Å². The van der Waals surface area contributed by atoms with Gasteiger partial charge in [0.2, 0.25) is 5.43 Å². The van der Waals surface area contributed by atoms with Crippen molar-refractivity contribution in [3.05, 3.63) is 198 Å². The molecule has 132 heavy (non-hydrogen) atoms. The number of phenols is 2. The molecule has 4 bridgehead atoms. The number of ether oxygens (including phenoxy) is 4. The minimum atomic E-state index is -1.96. The number of fused-ring (bicyclic) bond motifs is 4. The number of amides is 1. The number of hydrogen-bond acceptors (Lipinski definition) is 25. The quantitative estimate of drug-likeness (QED) is 0.0146. The highest BCUT2D eigenvalue weighted by Crippen LogP contribution is 2.51. The Hall–Kier alpha value is -10.7. The van der Waals surface area contributed by atoms with Crippen LogP contribution in [0.5, 0.6) is 17.2 Å². The number of aromatic nitrogens is 3. The number of esters is 1. The van der Waals surface area contributed by atoms with Gasteiger partial charge < -0.3 is 100 Å². The van der Waals surface area contributed by atoms with Crippen LogP contribution >= 0.6 is 23.2 Å². The zero-order valence-corrected chi connectivity index (χ0v) is 79.3. The Labute approximate surface area is 778 Å². The first-order chi connectivity index (χ1) is 63.0. The summed E-state index contributed by atoms with van der Waals surface area (Å²) in [5, 5.41) is 92.8. The second kappa shape index (κ2) is 44.0. The molecule has 11 atom stereocenters. The van der Waals surface area contributed by atoms with E-state index in [0.717, 1.165) is 103 Å². The fourth-order valence-corrected chi connectivity index (χ4v) is 17.9. The third-order valence-corrected chi connectivity index (χ3v) is 25.8. The SMILES string of the molecule is CC(C)N=c1cc2n(-c3ccc(Cl)cc3)c3ccccc3nc-2cc1Nc1ccc(Cl)cc1.CCC(CO)NCCNC(CC)CO.CO[C@H]1/C=C\O[C@@]2(C)Oc3c(C)c(O)c4c(O)c(c5c(c4c3C2=O)=NC2(CCN(CC(C)C)CC2)N=5)NC(=O)/C(C)=C/C=C\[C@H](C)[C@H](O)[C@@H](C)[C@@H](O)[C@@H](C)[C@@H](OC(C)=O)[C@H]1C.O=C(O)c1cn(C2CC2)c2cc(N3CCNCC3)c(F)cc2c1=O. The average Bonchev–Trinajstić information content (AvgIpc) is 1.46. The number of likely N-dealkylation sites (tertiary alicyclic amines) is 1. The van der Waals surface area contributed by atoms with Gasteiger partial charge in [0.25, 0.3) is 11.7 Å². The number of Topliss-reactive ketones (excluding diaryl/α,β-unsaturated/α-hetero) is 1. The van der Waals surface area contributed by atoms with E-state index < -0.39 is 100 Å². The Bertz CT molecular complexity index is 5990. The molecule has 0 radical (unpaired) electrons. The van der Waals surface area contributed by atoms with Crippen molar-refractivity contribution in [3.63, 3.8) is 0 Å². The van der Waals surface area contributed by atoms with Gasteiger partial charge >= 0.3 is 17.7 Å². The van der Waals surface area contributed by atoms with E-state index >= 15 is 0 Å². The molecule has 6 aliphatic heterocycles. The van der Waals surface area contributed by atoms with Gasteiger partial charge in [-0.25, -0.2) is 14.2 Å². The Balaban J connectivity index is 0.000000183. The van der Waals surface area contributed by atoms with Crippen LogP contribution in [0.2, 0.25) is 10.0 Å². The molecular formula is C100H126Cl2FN13O16. The molecule has 8 aliphatic rings. The normalized spacial score (nSPS) is 23.0. The van der Waals surface area contributed by atoms with Crippen molar-refractivity contribution in [3.8, 4) is 34.3 Å². The maximum Gasteiger partial charge on any atom is 0.341 e. The van der Waals surface area contributed by atoms with Crippen molar-refractivity contribution in [2.45, 2.75) is 195 Å². The second-order valence-electron chi connectivity index (χ2n) is 35.9. The van der Waals surface area contributed by atoms with Crippen molar-refractivity contribution in [2.24, 2.45) is 44.6 Å². The number of carboxylic acids is 1. The van der Waals surface area contributed by atoms with Crippen molar-refractivity contribution < 1.29 is 78.3 Å². The van der Waals surface area contributed by atoms with Crippen molar-refractivity contribution in [2.75, 3.05) is 94.8 Å². The van der Waals surface area contributed by atoms with Gasteiger partial charge in [0, 0.05) is 190 Å². The smallest absolute Gasteiger partial charge is 0.341 e. The van der Waals surface area contributed by atoms with Crippen molar-refractivity contribution >= 4 is 102 Å². The molecule has 7 heterocycles. The van der Waals surface area contributed by atoms with Crippen LogP contribution in [0, 0.1) is 42.3 Å². The summed E-state index contributed by atoms with van der Waals surface area (Å²) in [5.41, 5.74) is 6.18. The number of para-hydroxylation sites is 2. The number of carbonyl (C=O) groups excluding carboxylic acids is 3. The standard InChI is InChI=1S/C46H62N4O11.C27H22Cl2N4.C17H18FN3O3.C10H24N2O2/c1-22(2)21-50-18-16-46(17-19-50)48-34-31-32-39(54)28(8)42-33(31)43(56)45(10,61-42)59-20-15-30(58-11)25(5)41(60-29(9)51)27(7)38(53)26(6)37(52)23(3)13-12-14-24(4)44(57)47-36(40(32)55)35(34)49-46;1-17(2)30-24-16-27-25(15-23(24)31-20-11-7-18(28)8-12-20)32-22-5-3-4-6-26(22)33(27)21-13-9-19(29)10-14-21;18-13-7-11-14(8-15(13)20-5-3-19-4-6-20)21(10-1-2-10)9-12(16(11)22)17(23)24;1-3-9(7-13)11-5-6-12-10(4-2)8-14/h12-15,20,22-23,25-27,30,37-38,41,52-55H,16-19,21H2,1-11H3,(H,47,57);3-17,31H,1-2H3;7-10,19H,1-6H2,(H,23,24);9-14H,3-8H2,1-2H3/b13-12-,20-15-,24-14+;;;/t23-,25-,26+,27+,30-,37-,38+,41-,45-;;;/m0.../s1. The predicted molar refractivity (Wildman–Crippen MR) is 513 cm³/mol. The molecule has 1 saturated carbocycles. The Morgan fingerprint density at radius 1 is 0.780 bits per heavy atom. The van der Waals surface area contributed by atoms with Gasteiger partial charge in [0.15, 0.2) is 11.4 Å². The molecule has 15 rings (SSSR count). The number of aromatic carboxylic acids is 1. The second-order valence-corrected chi connectivity index (χ2v) is 36.8. The van der Waals surface area contributed by atoms with Gasteiger partial charge in [-0.3, -0.25) is 34.2 Å². The first kappa shape index (κ1) is 100. The number of aliphatic hydroxyl groups is 4. The molecule has 2 unspecified atom stereocenters. The zero-order chi connectivity index (χ0) is 95.5. The number of nitrogens with one attached hydrogen (secondary N) is 5. The number of piperidine rings is 1. The topological polar surface area (TPSA) is 390 Å². The van der Waals surface area contributed by atoms with Crippen LogP contribution in [0.25, 0.3) is 49.8 Å². The number of hydrogen-bond donors (Lipinski definition) is 12. The number of phenolic OH excluding ortho intramolecular Hbond substituents is 2. The highest BCUT2D eigenvalue weighted by atomic mass is 35.5. The van der Waals surface area contributed by atoms with Crippen molar-refractivity contribution in [1.82, 2.24) is 35.0 Å². The Morgan fingerprint density at radius 2 is 1.42 bits per heavy atom. The van der Waals surface area contributed by atoms with Crippen LogP contribution in [0.15, 0.2) is 159 Å². The maximum atomic E-state index is 14.7. The highest BCUT2D eigenvalue weighted by Gasteiger charge is 2.51. The fourth-order valence-electron chi connectivity index (χ4n) is 17.6. The Kier molecular flexibility index (Phi) is 33.4. The molecule has 29 nitrogen and oxygen atoms in total. The predicted octanol–water partition coefficient (Wildman–Crippen LogP) is 13.5. The van der Waals surface area contributed by atoms with E-state index in [2.05, 4.69) is 81.9 Å². The summed E-state index contributed by atoms with van der Waals surface area (Å²) in [6, 6.07) is 31.4. The third-order valence-electron chi connectivity index (χ3n) is 25.3. The first-order valence-electron chi connectivity index (χ1n) is 45.6. The summed E-state index contributed by atoms with van der Waals surface area (Å²) in [4.78, 5) is 89.3. The number of aromatic hydroxyl groups is 2. The molecule has 2 aliphatic carbocycles. The van der Waals surface area contributed by atoms with Gasteiger partial charge in [0.1, 0.15) is 40.0 Å². The number of rotatable bonds is 20. The number of carbonyl (C=O) groups is 4. The number of nitrogens with zero attached hydrogens (tertiary/aromatic N) is 8. The minimum Gasteiger partial charge on any atom is -0.507 e. The summed E-state index contributed by atoms with van der Waals surface area (Å²) < 4.78 is 42.6. The summed E-state index contributed by atoms with van der Waals surface area (Å²) in [5.74, 6) is -8.20. The average molecular weight is 1860 g/mol. The number of benzene rings is 7. The van der Waals surface area contributed by atoms with Gasteiger partial charge in [0.05, 0.1) is 98.8 Å². The van der Waals surface area contributed by atoms with Gasteiger partial charge in [-0.15, -0.1) is 0 Å². The van der Waals surface area contributed by atoms with E-state index in [1.54, 1.807) is 71.9 Å². The molecule has 1 amide bonds. The number of pyridine rings is 1. The van der Waals surface area contributed by atoms with Gasteiger partial charge in [-0.05, 0) is 150 Å². The number of carboxylic acid groups (broad SMARTS) is 1. The molecule has 1 spiro atoms. The first-order valence-corrected chi connectivity index (χ1v) is 46.3. The number of methoxy groups -OCH3 is 1. The van der Waals surface area contributed by atoms with Crippen LogP contribution < -0.4 is 57.7 Å². The molecular weight excluding hydrogens is 1730 g/mol. The zero-order valence-electron chi connectivity index (χ0n) is 77.7.